The largest absolute Gasteiger partial charge is 0.497 e. The Kier molecular flexibility index (Phi) is 5.46. The lowest BCUT2D eigenvalue weighted by Gasteiger charge is -2.37. The molecule has 6 rings (SSSR count). The summed E-state index contributed by atoms with van der Waals surface area (Å²) in [6.45, 7) is 3.26. The maximum Gasteiger partial charge on any atom is 0.415 e. The van der Waals surface area contributed by atoms with E-state index in [-0.39, 0.29) is 6.09 Å². The first-order chi connectivity index (χ1) is 17.1. The minimum absolute atomic E-state index is 0.232. The van der Waals surface area contributed by atoms with Crippen LogP contribution < -0.4 is 9.64 Å². The fourth-order valence-corrected chi connectivity index (χ4v) is 5.38. The second kappa shape index (κ2) is 8.78. The molecule has 3 aromatic carbocycles. The van der Waals surface area contributed by atoms with Gasteiger partial charge in [-0.15, -0.1) is 0 Å². The van der Waals surface area contributed by atoms with Crippen molar-refractivity contribution in [2.75, 3.05) is 31.6 Å². The standard InChI is InChI=1S/C29H29N3O3/c1-34-25-12-13-26-22(20-31(27(26)18-25)23-8-4-2-5-9-23)19-30-16-14-29(15-17-30)21-32(28(33)35-29)24-10-6-3-7-11-24/h2-13,18,20H,14-17,19,21H2,1H3. The molecule has 0 N–H and O–H groups in total. The van der Waals surface area contributed by atoms with Gasteiger partial charge in [0.05, 0.1) is 19.2 Å². The number of rotatable bonds is 5. The highest BCUT2D eigenvalue weighted by atomic mass is 16.6. The zero-order valence-electron chi connectivity index (χ0n) is 19.9. The summed E-state index contributed by atoms with van der Waals surface area (Å²) in [6, 6.07) is 26.5. The number of piperidine rings is 1. The van der Waals surface area contributed by atoms with E-state index in [1.165, 1.54) is 10.9 Å². The van der Waals surface area contributed by atoms with Crippen LogP contribution in [-0.2, 0) is 11.3 Å². The van der Waals surface area contributed by atoms with Crippen LogP contribution in [-0.4, -0.2) is 47.9 Å². The molecule has 1 spiro atoms. The quantitative estimate of drug-likeness (QED) is 0.382. The van der Waals surface area contributed by atoms with Gasteiger partial charge in [0.25, 0.3) is 0 Å². The third kappa shape index (κ3) is 4.04. The first-order valence-corrected chi connectivity index (χ1v) is 12.2. The van der Waals surface area contributed by atoms with Crippen molar-refractivity contribution < 1.29 is 14.3 Å². The minimum atomic E-state index is -0.394. The van der Waals surface area contributed by atoms with Crippen molar-refractivity contribution in [2.24, 2.45) is 0 Å². The second-order valence-corrected chi connectivity index (χ2v) is 9.49. The molecule has 2 aliphatic rings. The number of hydrogen-bond donors (Lipinski definition) is 0. The van der Waals surface area contributed by atoms with Crippen LogP contribution in [0.5, 0.6) is 5.75 Å². The summed E-state index contributed by atoms with van der Waals surface area (Å²) in [5.41, 5.74) is 4.07. The lowest BCUT2D eigenvalue weighted by atomic mass is 9.91. The van der Waals surface area contributed by atoms with Gasteiger partial charge in [-0.2, -0.15) is 0 Å². The topological polar surface area (TPSA) is 46.9 Å². The van der Waals surface area contributed by atoms with Gasteiger partial charge in [0.2, 0.25) is 0 Å². The van der Waals surface area contributed by atoms with Crippen LogP contribution in [0.3, 0.4) is 0 Å². The average Bonchev–Trinajstić information content (AvgIpc) is 3.43. The third-order valence-electron chi connectivity index (χ3n) is 7.33. The molecular formula is C29H29N3O3. The summed E-state index contributed by atoms with van der Waals surface area (Å²) < 4.78 is 13.7. The minimum Gasteiger partial charge on any atom is -0.497 e. The molecule has 0 unspecified atom stereocenters. The Balaban J connectivity index is 1.21. The molecule has 0 bridgehead atoms. The van der Waals surface area contributed by atoms with Crippen molar-refractivity contribution in [1.82, 2.24) is 9.47 Å². The van der Waals surface area contributed by atoms with Crippen molar-refractivity contribution in [2.45, 2.75) is 25.0 Å². The lowest BCUT2D eigenvalue weighted by Crippen LogP contribution is -2.46. The number of carbonyl (C=O) groups excluding carboxylic acids is 1. The number of nitrogens with zero attached hydrogens (tertiary/aromatic N) is 3. The molecule has 1 aromatic heterocycles. The molecule has 1 amide bonds. The van der Waals surface area contributed by atoms with Crippen molar-refractivity contribution >= 4 is 22.7 Å². The van der Waals surface area contributed by atoms with Crippen molar-refractivity contribution in [1.29, 1.82) is 0 Å². The summed E-state index contributed by atoms with van der Waals surface area (Å²) in [6.07, 6.45) is 3.70. The van der Waals surface area contributed by atoms with Gasteiger partial charge in [-0.05, 0) is 42.0 Å². The number of anilines is 1. The first-order valence-electron chi connectivity index (χ1n) is 12.2. The number of likely N-dealkylation sites (tertiary alicyclic amines) is 1. The summed E-state index contributed by atoms with van der Waals surface area (Å²) in [4.78, 5) is 16.9. The number of hydrogen-bond acceptors (Lipinski definition) is 4. The van der Waals surface area contributed by atoms with Gasteiger partial charge in [-0.3, -0.25) is 9.80 Å². The van der Waals surface area contributed by atoms with Gasteiger partial charge in [0.15, 0.2) is 0 Å². The van der Waals surface area contributed by atoms with Crippen molar-refractivity contribution in [3.05, 3.63) is 90.6 Å². The summed E-state index contributed by atoms with van der Waals surface area (Å²) in [5.74, 6) is 0.852. The smallest absolute Gasteiger partial charge is 0.415 e. The van der Waals surface area contributed by atoms with E-state index in [9.17, 15) is 4.79 Å². The number of carbonyl (C=O) groups is 1. The number of methoxy groups -OCH3 is 1. The Hall–Kier alpha value is -3.77. The molecule has 2 saturated heterocycles. The van der Waals surface area contributed by atoms with E-state index in [0.717, 1.165) is 55.1 Å². The molecule has 2 aliphatic heterocycles. The van der Waals surface area contributed by atoms with Gasteiger partial charge < -0.3 is 14.0 Å². The predicted molar refractivity (Wildman–Crippen MR) is 137 cm³/mol. The van der Waals surface area contributed by atoms with Crippen LogP contribution in [0.15, 0.2) is 85.1 Å². The molecule has 2 fully saturated rings. The normalized spacial score (nSPS) is 17.7. The molecule has 0 aliphatic carbocycles. The number of benzene rings is 3. The first kappa shape index (κ1) is 21.7. The van der Waals surface area contributed by atoms with E-state index in [1.54, 1.807) is 12.0 Å². The maximum absolute atomic E-state index is 12.6. The molecular weight excluding hydrogens is 438 g/mol. The fourth-order valence-electron chi connectivity index (χ4n) is 5.38. The Bertz CT molecular complexity index is 1340. The summed E-state index contributed by atoms with van der Waals surface area (Å²) in [7, 11) is 1.70. The lowest BCUT2D eigenvalue weighted by molar-refractivity contribution is -0.000884. The van der Waals surface area contributed by atoms with Gasteiger partial charge >= 0.3 is 6.09 Å². The van der Waals surface area contributed by atoms with E-state index in [4.69, 9.17) is 9.47 Å². The summed E-state index contributed by atoms with van der Waals surface area (Å²) in [5, 5.41) is 1.23. The monoisotopic (exact) mass is 467 g/mol. The predicted octanol–water partition coefficient (Wildman–Crippen LogP) is 5.63. The van der Waals surface area contributed by atoms with Gasteiger partial charge in [0.1, 0.15) is 11.4 Å². The summed E-state index contributed by atoms with van der Waals surface area (Å²) >= 11 is 0. The van der Waals surface area contributed by atoms with E-state index in [1.807, 2.05) is 42.5 Å². The Labute approximate surface area is 205 Å². The number of aromatic nitrogens is 1. The number of ether oxygens (including phenoxy) is 2. The van der Waals surface area contributed by atoms with Crippen LogP contribution in [0, 0.1) is 0 Å². The Morgan fingerprint density at radius 2 is 1.60 bits per heavy atom. The molecule has 6 nitrogen and oxygen atoms in total. The highest BCUT2D eigenvalue weighted by Gasteiger charge is 2.47. The van der Waals surface area contributed by atoms with Crippen LogP contribution in [0.4, 0.5) is 10.5 Å². The molecule has 178 valence electrons. The molecule has 0 saturated carbocycles. The highest BCUT2D eigenvalue weighted by molar-refractivity contribution is 5.90. The molecule has 35 heavy (non-hydrogen) atoms. The van der Waals surface area contributed by atoms with Crippen molar-refractivity contribution in [3.8, 4) is 11.4 Å². The van der Waals surface area contributed by atoms with Gasteiger partial charge in [-0.25, -0.2) is 4.79 Å². The van der Waals surface area contributed by atoms with E-state index in [0.29, 0.717) is 6.54 Å². The van der Waals surface area contributed by atoms with Crippen LogP contribution >= 0.6 is 0 Å². The van der Waals surface area contributed by atoms with Gasteiger partial charge in [-0.1, -0.05) is 36.4 Å². The zero-order valence-corrected chi connectivity index (χ0v) is 19.9. The maximum atomic E-state index is 12.6. The van der Waals surface area contributed by atoms with Crippen LogP contribution in [0.2, 0.25) is 0 Å². The van der Waals surface area contributed by atoms with Crippen LogP contribution in [0.1, 0.15) is 18.4 Å². The second-order valence-electron chi connectivity index (χ2n) is 9.49. The molecule has 4 aromatic rings. The zero-order chi connectivity index (χ0) is 23.8. The van der Waals surface area contributed by atoms with Crippen LogP contribution in [0.25, 0.3) is 16.6 Å². The highest BCUT2D eigenvalue weighted by Crippen LogP contribution is 2.37. The third-order valence-corrected chi connectivity index (χ3v) is 7.33. The van der Waals surface area contributed by atoms with Crippen molar-refractivity contribution in [3.63, 3.8) is 0 Å². The molecule has 3 heterocycles. The SMILES string of the molecule is COc1ccc2c(CN3CCC4(CC3)CN(c3ccccc3)C(=O)O4)cn(-c3ccccc3)c2c1. The number of para-hydroxylation sites is 2. The molecule has 0 radical (unpaired) electrons. The van der Waals surface area contributed by atoms with E-state index in [2.05, 4.69) is 52.1 Å². The van der Waals surface area contributed by atoms with E-state index < -0.39 is 5.60 Å². The van der Waals surface area contributed by atoms with E-state index >= 15 is 0 Å². The molecule has 6 heteroatoms. The number of amides is 1. The number of fused-ring (bicyclic) bond motifs is 1. The Morgan fingerprint density at radius 3 is 2.29 bits per heavy atom. The fraction of sp³-hybridized carbons (Fsp3) is 0.276. The Morgan fingerprint density at radius 1 is 0.914 bits per heavy atom. The average molecular weight is 468 g/mol. The van der Waals surface area contributed by atoms with Gasteiger partial charge in [0, 0.05) is 61.5 Å². The molecule has 0 atom stereocenters.